The summed E-state index contributed by atoms with van der Waals surface area (Å²) in [4.78, 5) is 0. The zero-order valence-electron chi connectivity index (χ0n) is 28.3. The average molecular weight is 663 g/mol. The maximum absolute atomic E-state index is 6.64. The SMILES string of the molecule is c1ccc(-c2ccc3c(c2)-c2cc(-c4ccccc4)cc(-c4cccc(-c5cc6c7c(c5)Oc5ccccc5B7c5ccccc5O6)c4)c2C3)cc1. The van der Waals surface area contributed by atoms with Crippen molar-refractivity contribution in [1.29, 1.82) is 0 Å². The Morgan fingerprint density at radius 3 is 1.56 bits per heavy atom. The van der Waals surface area contributed by atoms with Gasteiger partial charge in [0.05, 0.1) is 0 Å². The third kappa shape index (κ3) is 4.59. The van der Waals surface area contributed by atoms with E-state index in [9.17, 15) is 0 Å². The number of hydrogen-bond acceptors (Lipinski definition) is 2. The van der Waals surface area contributed by atoms with E-state index in [1.807, 2.05) is 12.1 Å². The fourth-order valence-electron chi connectivity index (χ4n) is 8.57. The normalized spacial score (nSPS) is 12.8. The first-order valence-corrected chi connectivity index (χ1v) is 18.0. The van der Waals surface area contributed by atoms with Crippen molar-refractivity contribution in [2.24, 2.45) is 0 Å². The summed E-state index contributed by atoms with van der Waals surface area (Å²) in [5, 5.41) is 0. The van der Waals surface area contributed by atoms with Gasteiger partial charge in [0.15, 0.2) is 0 Å². The first-order chi connectivity index (χ1) is 25.7. The molecule has 0 radical (unpaired) electrons. The third-order valence-corrected chi connectivity index (χ3v) is 11.0. The van der Waals surface area contributed by atoms with Crippen molar-refractivity contribution in [3.05, 3.63) is 187 Å². The van der Waals surface area contributed by atoms with E-state index < -0.39 is 0 Å². The molecule has 0 saturated carbocycles. The van der Waals surface area contributed by atoms with Crippen LogP contribution in [0.4, 0.5) is 0 Å². The fraction of sp³-hybridized carbons (Fsp3) is 0.0204. The van der Waals surface area contributed by atoms with Crippen molar-refractivity contribution < 1.29 is 9.47 Å². The number of fused-ring (bicyclic) bond motifs is 7. The van der Waals surface area contributed by atoms with Gasteiger partial charge in [-0.2, -0.15) is 0 Å². The monoisotopic (exact) mass is 662 g/mol. The topological polar surface area (TPSA) is 18.5 Å². The van der Waals surface area contributed by atoms with Crippen molar-refractivity contribution in [3.63, 3.8) is 0 Å². The predicted molar refractivity (Wildman–Crippen MR) is 214 cm³/mol. The Hall–Kier alpha value is -6.58. The van der Waals surface area contributed by atoms with Crippen LogP contribution in [-0.4, -0.2) is 6.71 Å². The number of benzene rings is 8. The highest BCUT2D eigenvalue weighted by molar-refractivity contribution is 6.98. The molecule has 0 atom stereocenters. The Kier molecular flexibility index (Phi) is 6.44. The Bertz CT molecular complexity index is 2640. The molecule has 0 saturated heterocycles. The Balaban J connectivity index is 1.06. The zero-order valence-corrected chi connectivity index (χ0v) is 28.3. The highest BCUT2D eigenvalue weighted by atomic mass is 16.5. The summed E-state index contributed by atoms with van der Waals surface area (Å²) in [5.41, 5.74) is 18.4. The molecule has 2 heterocycles. The van der Waals surface area contributed by atoms with Crippen LogP contribution in [0.5, 0.6) is 23.0 Å². The van der Waals surface area contributed by atoms with E-state index in [1.54, 1.807) is 0 Å². The Morgan fingerprint density at radius 1 is 0.346 bits per heavy atom. The van der Waals surface area contributed by atoms with E-state index >= 15 is 0 Å². The Morgan fingerprint density at radius 2 is 0.865 bits per heavy atom. The maximum atomic E-state index is 6.64. The van der Waals surface area contributed by atoms with E-state index in [0.29, 0.717) is 0 Å². The molecular formula is C49H31BO2. The van der Waals surface area contributed by atoms with Gasteiger partial charge in [0.2, 0.25) is 0 Å². The van der Waals surface area contributed by atoms with Gasteiger partial charge in [0.1, 0.15) is 23.0 Å². The smallest absolute Gasteiger partial charge is 0.260 e. The van der Waals surface area contributed by atoms with Crippen molar-refractivity contribution in [3.8, 4) is 78.6 Å². The fourth-order valence-corrected chi connectivity index (χ4v) is 8.57. The van der Waals surface area contributed by atoms with Crippen molar-refractivity contribution >= 4 is 23.1 Å². The third-order valence-electron chi connectivity index (χ3n) is 11.0. The van der Waals surface area contributed by atoms with E-state index in [0.717, 1.165) is 46.0 Å². The lowest BCUT2D eigenvalue weighted by Gasteiger charge is -2.33. The van der Waals surface area contributed by atoms with Gasteiger partial charge in [-0.25, -0.2) is 0 Å². The lowest BCUT2D eigenvalue weighted by Crippen LogP contribution is -2.57. The summed E-state index contributed by atoms with van der Waals surface area (Å²) in [6, 6.07) is 63.3. The molecule has 0 amide bonds. The van der Waals surface area contributed by atoms with Crippen LogP contribution < -0.4 is 25.9 Å². The van der Waals surface area contributed by atoms with Crippen LogP contribution >= 0.6 is 0 Å². The molecular weight excluding hydrogens is 631 g/mol. The average Bonchev–Trinajstić information content (AvgIpc) is 3.59. The molecule has 11 rings (SSSR count). The van der Waals surface area contributed by atoms with Gasteiger partial charge in [-0.1, -0.05) is 127 Å². The van der Waals surface area contributed by atoms with Gasteiger partial charge >= 0.3 is 0 Å². The molecule has 242 valence electrons. The lowest BCUT2D eigenvalue weighted by molar-refractivity contribution is 0.465. The predicted octanol–water partition coefficient (Wildman–Crippen LogP) is 10.7. The van der Waals surface area contributed by atoms with Crippen LogP contribution in [0.2, 0.25) is 0 Å². The second-order valence-corrected chi connectivity index (χ2v) is 14.0. The molecule has 2 aliphatic heterocycles. The van der Waals surface area contributed by atoms with Gasteiger partial charge < -0.3 is 9.47 Å². The van der Waals surface area contributed by atoms with Gasteiger partial charge in [0, 0.05) is 5.46 Å². The first kappa shape index (κ1) is 29.2. The number of hydrogen-bond donors (Lipinski definition) is 0. The molecule has 0 aromatic heterocycles. The minimum absolute atomic E-state index is 0.0626. The molecule has 8 aromatic carbocycles. The highest BCUT2D eigenvalue weighted by Crippen LogP contribution is 2.46. The van der Waals surface area contributed by atoms with Crippen LogP contribution in [0.15, 0.2) is 176 Å². The Labute approximate surface area is 303 Å². The van der Waals surface area contributed by atoms with Crippen molar-refractivity contribution in [2.45, 2.75) is 6.42 Å². The maximum Gasteiger partial charge on any atom is 0.260 e. The van der Waals surface area contributed by atoms with Crippen molar-refractivity contribution in [1.82, 2.24) is 0 Å². The van der Waals surface area contributed by atoms with Gasteiger partial charge in [-0.3, -0.25) is 0 Å². The summed E-state index contributed by atoms with van der Waals surface area (Å²) in [6.07, 6.45) is 0.902. The standard InChI is InChI=1S/C49H31BO2/c1-3-12-31(13-4-1)34-22-23-36-26-41-40(27-37(28-42(41)39(36)25-34)32-14-5-2-6-15-32)35-17-11-16-33(24-35)38-29-47-49-48(30-38)52-46-21-10-8-19-44(46)50(49)43-18-7-9-20-45(43)51-47/h1-25,27-30H,26H2. The molecule has 0 fully saturated rings. The minimum atomic E-state index is 0.0626. The van der Waals surface area contributed by atoms with Crippen molar-refractivity contribution in [2.75, 3.05) is 0 Å². The molecule has 1 aliphatic carbocycles. The van der Waals surface area contributed by atoms with Crippen LogP contribution in [0.3, 0.4) is 0 Å². The summed E-state index contributed by atoms with van der Waals surface area (Å²) in [6.45, 7) is 0.0626. The molecule has 3 aliphatic rings. The van der Waals surface area contributed by atoms with Gasteiger partial charge in [-0.05, 0) is 133 Å². The molecule has 52 heavy (non-hydrogen) atoms. The van der Waals surface area contributed by atoms with Crippen LogP contribution in [0.25, 0.3) is 55.6 Å². The minimum Gasteiger partial charge on any atom is -0.458 e. The summed E-state index contributed by atoms with van der Waals surface area (Å²) < 4.78 is 13.3. The zero-order chi connectivity index (χ0) is 34.2. The molecule has 0 bridgehead atoms. The second kappa shape index (κ2) is 11.5. The quantitative estimate of drug-likeness (QED) is 0.175. The number of rotatable bonds is 4. The van der Waals surface area contributed by atoms with Gasteiger partial charge in [0.25, 0.3) is 6.71 Å². The number of ether oxygens (including phenoxy) is 2. The molecule has 0 N–H and O–H groups in total. The summed E-state index contributed by atoms with van der Waals surface area (Å²) in [7, 11) is 0. The molecule has 0 unspecified atom stereocenters. The number of para-hydroxylation sites is 2. The molecule has 8 aromatic rings. The largest absolute Gasteiger partial charge is 0.458 e. The van der Waals surface area contributed by atoms with E-state index in [1.165, 1.54) is 66.6 Å². The second-order valence-electron chi connectivity index (χ2n) is 14.0. The highest BCUT2D eigenvalue weighted by Gasteiger charge is 2.40. The van der Waals surface area contributed by atoms with E-state index in [4.69, 9.17) is 9.47 Å². The first-order valence-electron chi connectivity index (χ1n) is 18.0. The van der Waals surface area contributed by atoms with Gasteiger partial charge in [-0.15, -0.1) is 0 Å². The summed E-state index contributed by atoms with van der Waals surface area (Å²) in [5.74, 6) is 3.51. The lowest BCUT2D eigenvalue weighted by atomic mass is 9.35. The molecule has 0 spiro atoms. The van der Waals surface area contributed by atoms with E-state index in [-0.39, 0.29) is 6.71 Å². The van der Waals surface area contributed by atoms with Crippen LogP contribution in [0, 0.1) is 0 Å². The van der Waals surface area contributed by atoms with Crippen LogP contribution in [0.1, 0.15) is 11.1 Å². The molecule has 3 heteroatoms. The summed E-state index contributed by atoms with van der Waals surface area (Å²) >= 11 is 0. The van der Waals surface area contributed by atoms with Crippen LogP contribution in [-0.2, 0) is 6.42 Å². The van der Waals surface area contributed by atoms with E-state index in [2.05, 4.69) is 164 Å². The molecule has 2 nitrogen and oxygen atoms in total.